The third-order valence-electron chi connectivity index (χ3n) is 4.09. The predicted octanol–water partition coefficient (Wildman–Crippen LogP) is 0.590. The van der Waals surface area contributed by atoms with Crippen molar-refractivity contribution in [1.82, 2.24) is 23.7 Å². The van der Waals surface area contributed by atoms with Crippen molar-refractivity contribution in [3.05, 3.63) is 49.5 Å². The van der Waals surface area contributed by atoms with Crippen molar-refractivity contribution < 1.29 is 9.59 Å². The number of halogens is 1. The fraction of sp³-hybridized carbons (Fsp3) is 0.294. The second kappa shape index (κ2) is 7.50. The number of amides is 1. The predicted molar refractivity (Wildman–Crippen MR) is 105 cm³/mol. The highest BCUT2D eigenvalue weighted by molar-refractivity contribution is 9.10. The van der Waals surface area contributed by atoms with Gasteiger partial charge in [-0.3, -0.25) is 23.5 Å². The zero-order valence-electron chi connectivity index (χ0n) is 15.4. The molecular formula is C17H17BrN6O4. The lowest BCUT2D eigenvalue weighted by atomic mass is 10.4. The Morgan fingerprint density at radius 3 is 2.50 bits per heavy atom. The zero-order valence-corrected chi connectivity index (χ0v) is 17.0. The molecule has 0 saturated carbocycles. The quantitative estimate of drug-likeness (QED) is 0.570. The van der Waals surface area contributed by atoms with E-state index in [1.54, 1.807) is 25.1 Å². The van der Waals surface area contributed by atoms with Crippen LogP contribution in [0.25, 0.3) is 11.2 Å². The van der Waals surface area contributed by atoms with Crippen LogP contribution in [0.2, 0.25) is 0 Å². The van der Waals surface area contributed by atoms with E-state index in [0.717, 1.165) is 4.57 Å². The topological polar surface area (TPSA) is 121 Å². The van der Waals surface area contributed by atoms with Gasteiger partial charge in [0.25, 0.3) is 5.56 Å². The average Bonchev–Trinajstić information content (AvgIpc) is 2.93. The first kappa shape index (κ1) is 19.7. The monoisotopic (exact) mass is 448 g/mol. The third kappa shape index (κ3) is 3.65. The molecule has 0 aliphatic carbocycles. The van der Waals surface area contributed by atoms with Crippen molar-refractivity contribution in [1.29, 1.82) is 0 Å². The highest BCUT2D eigenvalue weighted by Crippen LogP contribution is 2.13. The Morgan fingerprint density at radius 1 is 1.14 bits per heavy atom. The standard InChI is InChI=1S/C17H17BrN6O4/c1-9(25)7-24-16(27)14-15(22(3)17(24)28)19-10(2)23(14)8-13(26)21-12-6-4-5-11(18)20-12/h4-6H,7-8H2,1-3H3,(H,20,21,26). The maximum Gasteiger partial charge on any atom is 0.332 e. The molecule has 0 aromatic carbocycles. The number of aromatic nitrogens is 5. The van der Waals surface area contributed by atoms with Crippen molar-refractivity contribution in [2.75, 3.05) is 5.32 Å². The lowest BCUT2D eigenvalue weighted by Gasteiger charge is -2.10. The highest BCUT2D eigenvalue weighted by Gasteiger charge is 2.20. The molecule has 0 unspecified atom stereocenters. The number of carbonyl (C=O) groups is 2. The molecule has 3 aromatic rings. The molecule has 146 valence electrons. The number of nitrogens with one attached hydrogen (secondary N) is 1. The molecule has 3 aromatic heterocycles. The number of hydrogen-bond donors (Lipinski definition) is 1. The largest absolute Gasteiger partial charge is 0.332 e. The van der Waals surface area contributed by atoms with Gasteiger partial charge in [-0.2, -0.15) is 0 Å². The van der Waals surface area contributed by atoms with E-state index in [0.29, 0.717) is 16.2 Å². The summed E-state index contributed by atoms with van der Waals surface area (Å²) in [5.41, 5.74) is -1.07. The maximum absolute atomic E-state index is 12.8. The van der Waals surface area contributed by atoms with Gasteiger partial charge in [-0.15, -0.1) is 0 Å². The number of ketones is 1. The number of nitrogens with zero attached hydrogens (tertiary/aromatic N) is 5. The Balaban J connectivity index is 2.06. The lowest BCUT2D eigenvalue weighted by Crippen LogP contribution is -2.41. The zero-order chi connectivity index (χ0) is 20.6. The summed E-state index contributed by atoms with van der Waals surface area (Å²) < 4.78 is 4.02. The number of imidazole rings is 1. The molecule has 3 rings (SSSR count). The minimum absolute atomic E-state index is 0.0817. The minimum atomic E-state index is -0.665. The first-order valence-electron chi connectivity index (χ1n) is 8.27. The summed E-state index contributed by atoms with van der Waals surface area (Å²) in [4.78, 5) is 57.5. The van der Waals surface area contributed by atoms with E-state index < -0.39 is 17.2 Å². The molecule has 1 amide bonds. The van der Waals surface area contributed by atoms with E-state index in [9.17, 15) is 19.2 Å². The van der Waals surface area contributed by atoms with Crippen LogP contribution in [0.15, 0.2) is 32.4 Å². The SMILES string of the molecule is CC(=O)Cn1c(=O)c2c(nc(C)n2CC(=O)Nc2cccc(Br)n2)n(C)c1=O. The highest BCUT2D eigenvalue weighted by atomic mass is 79.9. The molecule has 0 atom stereocenters. The maximum atomic E-state index is 12.8. The average molecular weight is 449 g/mol. The van der Waals surface area contributed by atoms with Crippen LogP contribution >= 0.6 is 15.9 Å². The van der Waals surface area contributed by atoms with Gasteiger partial charge in [0.15, 0.2) is 11.2 Å². The number of carbonyl (C=O) groups excluding carboxylic acids is 2. The molecule has 0 aliphatic rings. The molecule has 0 saturated heterocycles. The summed E-state index contributed by atoms with van der Waals surface area (Å²) in [5.74, 6) is -0.0120. The van der Waals surface area contributed by atoms with Gasteiger partial charge in [0, 0.05) is 7.05 Å². The summed E-state index contributed by atoms with van der Waals surface area (Å²) in [5, 5.41) is 2.65. The van der Waals surface area contributed by atoms with Gasteiger partial charge in [-0.05, 0) is 41.9 Å². The summed E-state index contributed by atoms with van der Waals surface area (Å²) >= 11 is 3.23. The van der Waals surface area contributed by atoms with Gasteiger partial charge >= 0.3 is 5.69 Å². The van der Waals surface area contributed by atoms with E-state index in [-0.39, 0.29) is 30.0 Å². The Bertz CT molecular complexity index is 1220. The normalized spacial score (nSPS) is 11.0. The van der Waals surface area contributed by atoms with Crippen molar-refractivity contribution in [3.8, 4) is 0 Å². The van der Waals surface area contributed by atoms with Gasteiger partial charge < -0.3 is 9.88 Å². The first-order chi connectivity index (χ1) is 13.2. The van der Waals surface area contributed by atoms with E-state index in [2.05, 4.69) is 31.2 Å². The van der Waals surface area contributed by atoms with Gasteiger partial charge in [0.1, 0.15) is 28.6 Å². The number of rotatable bonds is 5. The second-order valence-corrected chi connectivity index (χ2v) is 7.06. The fourth-order valence-electron chi connectivity index (χ4n) is 2.84. The molecule has 0 aliphatic heterocycles. The molecule has 28 heavy (non-hydrogen) atoms. The van der Waals surface area contributed by atoms with E-state index in [1.807, 2.05) is 0 Å². The first-order valence-corrected chi connectivity index (χ1v) is 9.07. The number of aryl methyl sites for hydroxylation is 2. The van der Waals surface area contributed by atoms with E-state index in [4.69, 9.17) is 0 Å². The van der Waals surface area contributed by atoms with Gasteiger partial charge in [0.2, 0.25) is 5.91 Å². The van der Waals surface area contributed by atoms with Gasteiger partial charge in [-0.1, -0.05) is 6.07 Å². The lowest BCUT2D eigenvalue weighted by molar-refractivity contribution is -0.118. The Kier molecular flexibility index (Phi) is 5.27. The number of Topliss-reactive ketones (excluding diaryl/α,β-unsaturated/α-hetero) is 1. The molecule has 11 heteroatoms. The molecule has 0 fully saturated rings. The van der Waals surface area contributed by atoms with Crippen molar-refractivity contribution in [3.63, 3.8) is 0 Å². The van der Waals surface area contributed by atoms with Crippen LogP contribution in [0.4, 0.5) is 5.82 Å². The Morgan fingerprint density at radius 2 is 1.86 bits per heavy atom. The van der Waals surface area contributed by atoms with Crippen LogP contribution in [0.3, 0.4) is 0 Å². The van der Waals surface area contributed by atoms with Crippen LogP contribution in [-0.2, 0) is 29.7 Å². The minimum Gasteiger partial charge on any atom is -0.313 e. The van der Waals surface area contributed by atoms with Gasteiger partial charge in [0.05, 0.1) is 6.54 Å². The summed E-state index contributed by atoms with van der Waals surface area (Å²) in [7, 11) is 1.46. The van der Waals surface area contributed by atoms with Crippen LogP contribution in [0.5, 0.6) is 0 Å². The Hall–Kier alpha value is -3.08. The van der Waals surface area contributed by atoms with Crippen LogP contribution in [-0.4, -0.2) is 35.4 Å². The molecule has 1 N–H and O–H groups in total. The number of anilines is 1. The molecule has 3 heterocycles. The van der Waals surface area contributed by atoms with Crippen LogP contribution in [0.1, 0.15) is 12.7 Å². The number of hydrogen-bond acceptors (Lipinski definition) is 6. The van der Waals surface area contributed by atoms with E-state index in [1.165, 1.54) is 23.1 Å². The summed E-state index contributed by atoms with van der Waals surface area (Å²) in [6.45, 7) is 2.37. The van der Waals surface area contributed by atoms with Crippen molar-refractivity contribution in [2.45, 2.75) is 26.9 Å². The number of pyridine rings is 1. The molecule has 0 bridgehead atoms. The number of fused-ring (bicyclic) bond motifs is 1. The Labute approximate surface area is 167 Å². The molecule has 0 spiro atoms. The van der Waals surface area contributed by atoms with Crippen LogP contribution < -0.4 is 16.6 Å². The summed E-state index contributed by atoms with van der Waals surface area (Å²) in [6, 6.07) is 5.08. The van der Waals surface area contributed by atoms with E-state index >= 15 is 0 Å². The van der Waals surface area contributed by atoms with Crippen LogP contribution in [0, 0.1) is 6.92 Å². The molecule has 10 nitrogen and oxygen atoms in total. The molecular weight excluding hydrogens is 432 g/mol. The smallest absolute Gasteiger partial charge is 0.313 e. The van der Waals surface area contributed by atoms with Gasteiger partial charge in [-0.25, -0.2) is 14.8 Å². The summed E-state index contributed by atoms with van der Waals surface area (Å²) in [6.07, 6.45) is 0. The second-order valence-electron chi connectivity index (χ2n) is 6.25. The van der Waals surface area contributed by atoms with Crippen molar-refractivity contribution in [2.24, 2.45) is 7.05 Å². The fourth-order valence-corrected chi connectivity index (χ4v) is 3.18. The molecule has 0 radical (unpaired) electrons. The third-order valence-corrected chi connectivity index (χ3v) is 4.53. The van der Waals surface area contributed by atoms with Crippen molar-refractivity contribution >= 4 is 44.6 Å².